The molecule has 0 saturated carbocycles. The van der Waals surface area contributed by atoms with E-state index in [9.17, 15) is 22.4 Å². The van der Waals surface area contributed by atoms with Crippen LogP contribution in [0.2, 0.25) is 5.02 Å². The lowest BCUT2D eigenvalue weighted by Gasteiger charge is -2.35. The van der Waals surface area contributed by atoms with Gasteiger partial charge in [0.05, 0.1) is 11.6 Å². The van der Waals surface area contributed by atoms with Crippen molar-refractivity contribution < 1.29 is 22.4 Å². The Kier molecular flexibility index (Phi) is 6.95. The van der Waals surface area contributed by atoms with Crippen LogP contribution in [0.15, 0.2) is 42.9 Å². The minimum absolute atomic E-state index is 0.121. The molecular formula is C19H19ClFN7O4S2. The predicted octanol–water partition coefficient (Wildman–Crippen LogP) is 1.28. The lowest BCUT2D eigenvalue weighted by molar-refractivity contribution is -0.124. The largest absolute Gasteiger partial charge is 0.350 e. The van der Waals surface area contributed by atoms with Gasteiger partial charge in [0.15, 0.2) is 0 Å². The molecule has 34 heavy (non-hydrogen) atoms. The quantitative estimate of drug-likeness (QED) is 0.441. The fourth-order valence-corrected chi connectivity index (χ4v) is 5.46. The van der Waals surface area contributed by atoms with Crippen molar-refractivity contribution in [2.45, 2.75) is 25.0 Å². The van der Waals surface area contributed by atoms with Crippen LogP contribution < -0.4 is 15.4 Å². The molecule has 0 spiro atoms. The van der Waals surface area contributed by atoms with Crippen LogP contribution in [0.3, 0.4) is 0 Å². The molecule has 2 atom stereocenters. The van der Waals surface area contributed by atoms with Gasteiger partial charge in [-0.2, -0.15) is 22.5 Å². The predicted molar refractivity (Wildman–Crippen MR) is 123 cm³/mol. The molecule has 0 bridgehead atoms. The van der Waals surface area contributed by atoms with Gasteiger partial charge in [0.25, 0.3) is 10.2 Å². The van der Waals surface area contributed by atoms with Gasteiger partial charge in [-0.3, -0.25) is 9.59 Å². The number of carbonyl (C=O) groups excluding carboxylic acids is 2. The summed E-state index contributed by atoms with van der Waals surface area (Å²) in [6.45, 7) is 0.122. The van der Waals surface area contributed by atoms with E-state index in [-0.39, 0.29) is 23.7 Å². The zero-order chi connectivity index (χ0) is 24.5. The maximum absolute atomic E-state index is 13.4. The van der Waals surface area contributed by atoms with E-state index < -0.39 is 39.9 Å². The first-order valence-electron chi connectivity index (χ1n) is 9.87. The second-order valence-electron chi connectivity index (χ2n) is 7.34. The van der Waals surface area contributed by atoms with Crippen molar-refractivity contribution in [1.82, 2.24) is 29.1 Å². The number of hydrogen-bond acceptors (Lipinski definition) is 7. The Balaban J connectivity index is 1.42. The van der Waals surface area contributed by atoms with Crippen molar-refractivity contribution in [3.63, 3.8) is 0 Å². The molecule has 3 aromatic rings. The second-order valence-corrected chi connectivity index (χ2v) is 10.6. The third-order valence-electron chi connectivity index (χ3n) is 5.05. The summed E-state index contributed by atoms with van der Waals surface area (Å²) in [5, 5.41) is 9.69. The molecule has 180 valence electrons. The highest BCUT2D eigenvalue weighted by Gasteiger charge is 2.42. The second kappa shape index (κ2) is 9.76. The van der Waals surface area contributed by atoms with Crippen molar-refractivity contribution >= 4 is 50.6 Å². The van der Waals surface area contributed by atoms with E-state index in [0.717, 1.165) is 15.2 Å². The first-order chi connectivity index (χ1) is 16.1. The molecule has 0 radical (unpaired) electrons. The lowest BCUT2D eigenvalue weighted by Crippen LogP contribution is -2.62. The van der Waals surface area contributed by atoms with Gasteiger partial charge in [-0.15, -0.1) is 0 Å². The molecule has 1 fully saturated rings. The fraction of sp³-hybridized carbons (Fsp3) is 0.263. The van der Waals surface area contributed by atoms with Crippen LogP contribution in [0, 0.1) is 5.82 Å². The highest BCUT2D eigenvalue weighted by Crippen LogP contribution is 2.23. The number of carbonyl (C=O) groups is 2. The monoisotopic (exact) mass is 527 g/mol. The Bertz CT molecular complexity index is 1320. The van der Waals surface area contributed by atoms with Crippen LogP contribution >= 0.6 is 22.9 Å². The first kappa shape index (κ1) is 24.2. The SMILES string of the molecule is CN1C(C(=O)Nc2ccc(F)c(Cl)c2)CC(C(=O)NCc2cnc(-n3cccn3)s2)NS1(=O)=O. The van der Waals surface area contributed by atoms with Gasteiger partial charge in [-0.1, -0.05) is 22.9 Å². The molecule has 15 heteroatoms. The average molecular weight is 528 g/mol. The highest BCUT2D eigenvalue weighted by atomic mass is 35.5. The molecule has 1 saturated heterocycles. The number of aromatic nitrogens is 3. The van der Waals surface area contributed by atoms with Gasteiger partial charge in [0, 0.05) is 36.2 Å². The molecule has 1 aliphatic rings. The Morgan fingerprint density at radius 1 is 1.35 bits per heavy atom. The van der Waals surface area contributed by atoms with E-state index in [1.807, 2.05) is 0 Å². The third-order valence-corrected chi connectivity index (χ3v) is 7.92. The maximum Gasteiger partial charge on any atom is 0.280 e. The zero-order valence-corrected chi connectivity index (χ0v) is 20.0. The molecule has 4 rings (SSSR count). The van der Waals surface area contributed by atoms with Gasteiger partial charge in [0.2, 0.25) is 16.9 Å². The zero-order valence-electron chi connectivity index (χ0n) is 17.6. The molecular weight excluding hydrogens is 509 g/mol. The molecule has 3 N–H and O–H groups in total. The molecule has 1 aromatic carbocycles. The standard InChI is InChI=1S/C19H19ClFN7O4S2/c1-27-16(18(30)25-11-3-4-14(21)13(20)7-11)8-15(26-34(27,31)32)17(29)22-9-12-10-23-19(33-12)28-6-2-5-24-28/h2-7,10,15-16,26H,8-9H2,1H3,(H,22,29)(H,25,30). The lowest BCUT2D eigenvalue weighted by atomic mass is 10.1. The van der Waals surface area contributed by atoms with E-state index in [0.29, 0.717) is 5.13 Å². The van der Waals surface area contributed by atoms with E-state index in [1.54, 1.807) is 29.3 Å². The minimum atomic E-state index is -4.11. The number of amides is 2. The number of benzene rings is 1. The van der Waals surface area contributed by atoms with Gasteiger partial charge in [-0.25, -0.2) is 14.1 Å². The average Bonchev–Trinajstić information content (AvgIpc) is 3.48. The number of rotatable bonds is 6. The van der Waals surface area contributed by atoms with Crippen LogP contribution in [-0.2, 0) is 26.3 Å². The van der Waals surface area contributed by atoms with Crippen molar-refractivity contribution in [3.05, 3.63) is 58.6 Å². The van der Waals surface area contributed by atoms with Crippen LogP contribution in [0.5, 0.6) is 0 Å². The Labute approximate surface area is 203 Å². The van der Waals surface area contributed by atoms with Crippen molar-refractivity contribution in [1.29, 1.82) is 0 Å². The number of halogens is 2. The molecule has 2 amide bonds. The van der Waals surface area contributed by atoms with Crippen LogP contribution in [-0.4, -0.2) is 58.4 Å². The van der Waals surface area contributed by atoms with Gasteiger partial charge < -0.3 is 10.6 Å². The van der Waals surface area contributed by atoms with Gasteiger partial charge >= 0.3 is 0 Å². The van der Waals surface area contributed by atoms with Crippen LogP contribution in [0.1, 0.15) is 11.3 Å². The summed E-state index contributed by atoms with van der Waals surface area (Å²) in [5.74, 6) is -1.93. The number of hydrogen-bond donors (Lipinski definition) is 3. The van der Waals surface area contributed by atoms with E-state index in [2.05, 4.69) is 25.4 Å². The third kappa shape index (κ3) is 5.26. The molecule has 3 heterocycles. The van der Waals surface area contributed by atoms with E-state index in [1.165, 1.54) is 30.5 Å². The molecule has 2 aromatic heterocycles. The number of anilines is 1. The van der Waals surface area contributed by atoms with E-state index >= 15 is 0 Å². The highest BCUT2D eigenvalue weighted by molar-refractivity contribution is 7.87. The summed E-state index contributed by atoms with van der Waals surface area (Å²) < 4.78 is 43.2. The topological polar surface area (TPSA) is 138 Å². The summed E-state index contributed by atoms with van der Waals surface area (Å²) in [6.07, 6.45) is 4.82. The Morgan fingerprint density at radius 3 is 2.85 bits per heavy atom. The number of thiazole rings is 1. The van der Waals surface area contributed by atoms with Crippen molar-refractivity contribution in [2.24, 2.45) is 0 Å². The molecule has 0 aliphatic carbocycles. The molecule has 2 unspecified atom stereocenters. The van der Waals surface area contributed by atoms with Crippen molar-refractivity contribution in [3.8, 4) is 5.13 Å². The maximum atomic E-state index is 13.4. The summed E-state index contributed by atoms with van der Waals surface area (Å²) in [6, 6.07) is 2.99. The van der Waals surface area contributed by atoms with Gasteiger partial charge in [0.1, 0.15) is 17.9 Å². The molecule has 1 aliphatic heterocycles. The Hall–Kier alpha value is -2.91. The summed E-state index contributed by atoms with van der Waals surface area (Å²) in [4.78, 5) is 30.5. The molecule has 11 nitrogen and oxygen atoms in total. The van der Waals surface area contributed by atoms with Gasteiger partial charge in [-0.05, 0) is 30.7 Å². The number of nitrogens with one attached hydrogen (secondary N) is 3. The minimum Gasteiger partial charge on any atom is -0.350 e. The Morgan fingerprint density at radius 2 is 2.15 bits per heavy atom. The number of likely N-dealkylation sites (N-methyl/N-ethyl adjacent to an activating group) is 1. The van der Waals surface area contributed by atoms with Crippen LogP contribution in [0.4, 0.5) is 10.1 Å². The fourth-order valence-electron chi connectivity index (χ4n) is 3.25. The normalized spacial score (nSPS) is 20.1. The van der Waals surface area contributed by atoms with Crippen LogP contribution in [0.25, 0.3) is 5.13 Å². The smallest absolute Gasteiger partial charge is 0.280 e. The summed E-state index contributed by atoms with van der Waals surface area (Å²) in [5.41, 5.74) is 0.194. The summed E-state index contributed by atoms with van der Waals surface area (Å²) >= 11 is 7.05. The van der Waals surface area contributed by atoms with Crippen molar-refractivity contribution in [2.75, 3.05) is 12.4 Å². The number of nitrogens with zero attached hydrogens (tertiary/aromatic N) is 4. The summed E-state index contributed by atoms with van der Waals surface area (Å²) in [7, 11) is -2.88. The van der Waals surface area contributed by atoms with E-state index in [4.69, 9.17) is 11.6 Å². The first-order valence-corrected chi connectivity index (χ1v) is 12.5.